The summed E-state index contributed by atoms with van der Waals surface area (Å²) in [5.41, 5.74) is 2.71. The molecule has 2 aliphatic rings. The second-order valence-corrected chi connectivity index (χ2v) is 10.3. The summed E-state index contributed by atoms with van der Waals surface area (Å²) >= 11 is 1.41. The van der Waals surface area contributed by atoms with Crippen molar-refractivity contribution in [3.8, 4) is 0 Å². The standard InChI is InChI=1S/C26H28N4O3S/c1-26(2)16-18-20(25(30-12-14-33-15-13-30)34-22(18)24(32)29-26)23(31)28-21(17-8-4-3-5-9-17)19-10-6-7-11-27-19/h3-11,21H,12-16H2,1-2H3,(H,28,31)(H,29,32). The van der Waals surface area contributed by atoms with E-state index in [-0.39, 0.29) is 11.8 Å². The van der Waals surface area contributed by atoms with Gasteiger partial charge in [0, 0.05) is 24.8 Å². The van der Waals surface area contributed by atoms with Crippen LogP contribution in [-0.2, 0) is 11.2 Å². The van der Waals surface area contributed by atoms with Gasteiger partial charge in [-0.25, -0.2) is 0 Å². The Bertz CT molecular complexity index is 1150. The van der Waals surface area contributed by atoms with Gasteiger partial charge in [-0.3, -0.25) is 14.6 Å². The number of rotatable bonds is 5. The number of hydrogen-bond donors (Lipinski definition) is 2. The summed E-state index contributed by atoms with van der Waals surface area (Å²) in [4.78, 5) is 34.3. The molecule has 0 radical (unpaired) electrons. The van der Waals surface area contributed by atoms with E-state index in [1.807, 2.05) is 62.4 Å². The van der Waals surface area contributed by atoms with E-state index >= 15 is 0 Å². The van der Waals surface area contributed by atoms with Crippen LogP contribution in [0.2, 0.25) is 0 Å². The van der Waals surface area contributed by atoms with Crippen LogP contribution >= 0.6 is 11.3 Å². The van der Waals surface area contributed by atoms with Gasteiger partial charge in [0.05, 0.1) is 35.4 Å². The number of nitrogens with zero attached hydrogens (tertiary/aromatic N) is 2. The molecule has 0 spiro atoms. The zero-order chi connectivity index (χ0) is 23.7. The minimum Gasteiger partial charge on any atom is -0.378 e. The van der Waals surface area contributed by atoms with E-state index in [2.05, 4.69) is 20.5 Å². The molecule has 1 saturated heterocycles. The largest absolute Gasteiger partial charge is 0.378 e. The first-order chi connectivity index (χ1) is 16.4. The van der Waals surface area contributed by atoms with Crippen LogP contribution in [0.25, 0.3) is 0 Å². The van der Waals surface area contributed by atoms with Crippen LogP contribution < -0.4 is 15.5 Å². The average Bonchev–Trinajstić information content (AvgIpc) is 3.23. The van der Waals surface area contributed by atoms with Gasteiger partial charge in [-0.15, -0.1) is 11.3 Å². The lowest BCUT2D eigenvalue weighted by Crippen LogP contribution is -2.49. The third-order valence-electron chi connectivity index (χ3n) is 6.18. The second kappa shape index (κ2) is 9.19. The molecule has 0 aliphatic carbocycles. The molecule has 2 aliphatic heterocycles. The van der Waals surface area contributed by atoms with E-state index in [1.54, 1.807) is 6.20 Å². The first kappa shape index (κ1) is 22.6. The van der Waals surface area contributed by atoms with Crippen LogP contribution in [0.15, 0.2) is 54.7 Å². The molecule has 1 fully saturated rings. The third kappa shape index (κ3) is 4.43. The van der Waals surface area contributed by atoms with Crippen molar-refractivity contribution in [3.63, 3.8) is 0 Å². The van der Waals surface area contributed by atoms with Crippen LogP contribution in [-0.4, -0.2) is 48.6 Å². The van der Waals surface area contributed by atoms with E-state index in [4.69, 9.17) is 4.74 Å². The first-order valence-corrected chi connectivity index (χ1v) is 12.3. The molecule has 3 aromatic rings. The van der Waals surface area contributed by atoms with Crippen molar-refractivity contribution in [2.75, 3.05) is 31.2 Å². The Hall–Kier alpha value is -3.23. The fraction of sp³-hybridized carbons (Fsp3) is 0.346. The lowest BCUT2D eigenvalue weighted by molar-refractivity contribution is 0.0901. The van der Waals surface area contributed by atoms with E-state index in [1.165, 1.54) is 11.3 Å². The molecule has 2 amide bonds. The molecule has 4 heterocycles. The first-order valence-electron chi connectivity index (χ1n) is 11.5. The predicted molar refractivity (Wildman–Crippen MR) is 133 cm³/mol. The molecule has 0 saturated carbocycles. The highest BCUT2D eigenvalue weighted by Gasteiger charge is 2.38. The molecule has 2 N–H and O–H groups in total. The number of aromatic nitrogens is 1. The summed E-state index contributed by atoms with van der Waals surface area (Å²) in [6, 6.07) is 15.1. The number of ether oxygens (including phenoxy) is 1. The smallest absolute Gasteiger partial charge is 0.262 e. The molecule has 7 nitrogen and oxygen atoms in total. The highest BCUT2D eigenvalue weighted by molar-refractivity contribution is 7.18. The van der Waals surface area contributed by atoms with Gasteiger partial charge in [0.25, 0.3) is 11.8 Å². The molecular weight excluding hydrogens is 448 g/mol. The Morgan fingerprint density at radius 1 is 1.15 bits per heavy atom. The molecular formula is C26H28N4O3S. The van der Waals surface area contributed by atoms with Crippen molar-refractivity contribution in [1.29, 1.82) is 0 Å². The van der Waals surface area contributed by atoms with Crippen LogP contribution in [0, 0.1) is 0 Å². The number of thiophene rings is 1. The van der Waals surface area contributed by atoms with Crippen LogP contribution in [0.5, 0.6) is 0 Å². The second-order valence-electron chi connectivity index (χ2n) is 9.28. The minimum atomic E-state index is -0.428. The topological polar surface area (TPSA) is 83.6 Å². The van der Waals surface area contributed by atoms with Crippen molar-refractivity contribution < 1.29 is 14.3 Å². The number of nitrogens with one attached hydrogen (secondary N) is 2. The van der Waals surface area contributed by atoms with Gasteiger partial charge in [0.1, 0.15) is 5.00 Å². The normalized spacial score (nSPS) is 18.1. The Morgan fingerprint density at radius 2 is 1.88 bits per heavy atom. The lowest BCUT2D eigenvalue weighted by Gasteiger charge is -2.31. The molecule has 176 valence electrons. The average molecular weight is 477 g/mol. The van der Waals surface area contributed by atoms with Crippen molar-refractivity contribution in [1.82, 2.24) is 15.6 Å². The summed E-state index contributed by atoms with van der Waals surface area (Å²) in [6.07, 6.45) is 2.33. The van der Waals surface area contributed by atoms with Gasteiger partial charge < -0.3 is 20.3 Å². The van der Waals surface area contributed by atoms with Crippen LogP contribution in [0.1, 0.15) is 56.7 Å². The Labute approximate surface area is 203 Å². The Kier molecular flexibility index (Phi) is 6.10. The molecule has 2 aromatic heterocycles. The number of pyridine rings is 1. The monoisotopic (exact) mass is 476 g/mol. The van der Waals surface area contributed by atoms with E-state index < -0.39 is 11.6 Å². The van der Waals surface area contributed by atoms with E-state index in [0.29, 0.717) is 43.2 Å². The summed E-state index contributed by atoms with van der Waals surface area (Å²) in [6.45, 7) is 6.55. The van der Waals surface area contributed by atoms with Gasteiger partial charge in [-0.1, -0.05) is 36.4 Å². The number of carbonyl (C=O) groups excluding carboxylic acids is 2. The summed E-state index contributed by atoms with van der Waals surface area (Å²) in [7, 11) is 0. The Balaban J connectivity index is 1.57. The van der Waals surface area contributed by atoms with Crippen molar-refractivity contribution >= 4 is 28.2 Å². The van der Waals surface area contributed by atoms with Gasteiger partial charge in [0.2, 0.25) is 0 Å². The predicted octanol–water partition coefficient (Wildman–Crippen LogP) is 3.56. The van der Waals surface area contributed by atoms with Gasteiger partial charge in [-0.05, 0) is 43.5 Å². The number of morpholine rings is 1. The number of fused-ring (bicyclic) bond motifs is 1. The maximum absolute atomic E-state index is 14.0. The number of amides is 2. The van der Waals surface area contributed by atoms with E-state index in [9.17, 15) is 9.59 Å². The number of hydrogen-bond acceptors (Lipinski definition) is 6. The van der Waals surface area contributed by atoms with Gasteiger partial charge in [0.15, 0.2) is 0 Å². The highest BCUT2D eigenvalue weighted by atomic mass is 32.1. The zero-order valence-corrected chi connectivity index (χ0v) is 20.2. The van der Waals surface area contributed by atoms with Crippen LogP contribution in [0.4, 0.5) is 5.00 Å². The minimum absolute atomic E-state index is 0.117. The molecule has 1 aromatic carbocycles. The molecule has 1 unspecified atom stereocenters. The fourth-order valence-electron chi connectivity index (χ4n) is 4.60. The van der Waals surface area contributed by atoms with Crippen molar-refractivity contribution in [3.05, 3.63) is 82.0 Å². The van der Waals surface area contributed by atoms with Crippen molar-refractivity contribution in [2.24, 2.45) is 0 Å². The van der Waals surface area contributed by atoms with Gasteiger partial charge >= 0.3 is 0 Å². The number of anilines is 1. The third-order valence-corrected chi connectivity index (χ3v) is 7.47. The van der Waals surface area contributed by atoms with Crippen LogP contribution in [0.3, 0.4) is 0 Å². The number of benzene rings is 1. The summed E-state index contributed by atoms with van der Waals surface area (Å²) in [5.74, 6) is -0.307. The highest BCUT2D eigenvalue weighted by Crippen LogP contribution is 2.41. The maximum atomic E-state index is 14.0. The molecule has 8 heteroatoms. The summed E-state index contributed by atoms with van der Waals surface area (Å²) in [5, 5.41) is 7.15. The quantitative estimate of drug-likeness (QED) is 0.588. The van der Waals surface area contributed by atoms with E-state index in [0.717, 1.165) is 21.8 Å². The SMILES string of the molecule is CC1(C)Cc2c(sc(N3CCOCC3)c2C(=O)NC(c2ccccc2)c2ccccn2)C(=O)N1. The molecule has 0 bridgehead atoms. The van der Waals surface area contributed by atoms with Crippen molar-refractivity contribution in [2.45, 2.75) is 31.8 Å². The van der Waals surface area contributed by atoms with Gasteiger partial charge in [-0.2, -0.15) is 0 Å². The molecule has 5 rings (SSSR count). The maximum Gasteiger partial charge on any atom is 0.262 e. The molecule has 1 atom stereocenters. The lowest BCUT2D eigenvalue weighted by atomic mass is 9.88. The molecule has 34 heavy (non-hydrogen) atoms. The number of carbonyl (C=O) groups is 2. The summed E-state index contributed by atoms with van der Waals surface area (Å²) < 4.78 is 5.53. The fourth-order valence-corrected chi connectivity index (χ4v) is 5.87. The zero-order valence-electron chi connectivity index (χ0n) is 19.3. The Morgan fingerprint density at radius 3 is 2.59 bits per heavy atom.